The lowest BCUT2D eigenvalue weighted by Crippen LogP contribution is -2.48. The largest absolute Gasteiger partial charge is 0.480 e. The van der Waals surface area contributed by atoms with Crippen molar-refractivity contribution in [2.75, 3.05) is 0 Å². The number of carboxylic acids is 1. The van der Waals surface area contributed by atoms with Gasteiger partial charge in [0, 0.05) is 0 Å². The predicted molar refractivity (Wildman–Crippen MR) is 51.5 cm³/mol. The van der Waals surface area contributed by atoms with E-state index in [0.29, 0.717) is 6.42 Å². The molecular formula is C10H17NO3. The summed E-state index contributed by atoms with van der Waals surface area (Å²) in [5, 5.41) is 9.15. The van der Waals surface area contributed by atoms with Crippen molar-refractivity contribution in [2.45, 2.75) is 39.0 Å². The van der Waals surface area contributed by atoms with Gasteiger partial charge in [-0.3, -0.25) is 9.59 Å². The van der Waals surface area contributed by atoms with Crippen molar-refractivity contribution in [1.82, 2.24) is 0 Å². The number of nitrogens with two attached hydrogens (primary N) is 1. The lowest BCUT2D eigenvalue weighted by Gasteiger charge is -2.30. The van der Waals surface area contributed by atoms with E-state index in [-0.39, 0.29) is 5.92 Å². The van der Waals surface area contributed by atoms with Gasteiger partial charge >= 0.3 is 5.97 Å². The van der Waals surface area contributed by atoms with Crippen LogP contribution in [0.5, 0.6) is 0 Å². The molecule has 0 aromatic rings. The molecule has 0 aromatic carbocycles. The van der Waals surface area contributed by atoms with E-state index in [4.69, 9.17) is 10.8 Å². The van der Waals surface area contributed by atoms with E-state index >= 15 is 0 Å². The number of carboxylic acid groups (broad SMARTS) is 1. The highest BCUT2D eigenvalue weighted by atomic mass is 16.4. The van der Waals surface area contributed by atoms with Crippen LogP contribution in [0.25, 0.3) is 0 Å². The second kappa shape index (κ2) is 3.98. The molecule has 0 aliphatic heterocycles. The van der Waals surface area contributed by atoms with Gasteiger partial charge in [-0.1, -0.05) is 19.8 Å². The molecule has 1 aliphatic rings. The molecule has 3 N–H and O–H groups in total. The van der Waals surface area contributed by atoms with Crippen molar-refractivity contribution < 1.29 is 14.7 Å². The Hall–Kier alpha value is -1.06. The lowest BCUT2D eigenvalue weighted by molar-refractivity contribution is -0.159. The zero-order chi connectivity index (χ0) is 10.8. The van der Waals surface area contributed by atoms with E-state index in [1.165, 1.54) is 0 Å². The molecule has 80 valence electrons. The van der Waals surface area contributed by atoms with Crippen LogP contribution in [-0.4, -0.2) is 17.0 Å². The molecule has 1 amide bonds. The average molecular weight is 199 g/mol. The summed E-state index contributed by atoms with van der Waals surface area (Å²) in [7, 11) is 0. The van der Waals surface area contributed by atoms with E-state index in [0.717, 1.165) is 25.7 Å². The van der Waals surface area contributed by atoms with Gasteiger partial charge in [-0.15, -0.1) is 0 Å². The first-order valence-electron chi connectivity index (χ1n) is 5.09. The fourth-order valence-corrected chi connectivity index (χ4v) is 2.51. The van der Waals surface area contributed by atoms with Crippen LogP contribution in [0.4, 0.5) is 0 Å². The standard InChI is InChI=1S/C10H17NO3/c1-2-10(8(11)12,9(13)14)7-5-3-4-6-7/h7H,2-6H2,1H3,(H2,11,12)(H,13,14). The second-order valence-electron chi connectivity index (χ2n) is 3.98. The fraction of sp³-hybridized carbons (Fsp3) is 0.800. The predicted octanol–water partition coefficient (Wildman–Crippen LogP) is 1.14. The molecule has 0 aromatic heterocycles. The fourth-order valence-electron chi connectivity index (χ4n) is 2.51. The van der Waals surface area contributed by atoms with Gasteiger partial charge in [-0.05, 0) is 25.2 Å². The summed E-state index contributed by atoms with van der Waals surface area (Å²) in [6.45, 7) is 1.72. The van der Waals surface area contributed by atoms with Gasteiger partial charge in [0.25, 0.3) is 0 Å². The molecule has 1 unspecified atom stereocenters. The Morgan fingerprint density at radius 3 is 2.21 bits per heavy atom. The minimum atomic E-state index is -1.32. The average Bonchev–Trinajstić information content (AvgIpc) is 2.58. The summed E-state index contributed by atoms with van der Waals surface area (Å²) < 4.78 is 0. The first kappa shape index (κ1) is 11.0. The number of rotatable bonds is 4. The topological polar surface area (TPSA) is 80.4 Å². The number of aliphatic carboxylic acids is 1. The third-order valence-electron chi connectivity index (χ3n) is 3.43. The van der Waals surface area contributed by atoms with Crippen LogP contribution in [0.2, 0.25) is 0 Å². The highest BCUT2D eigenvalue weighted by Crippen LogP contribution is 2.42. The van der Waals surface area contributed by atoms with Crippen molar-refractivity contribution in [3.8, 4) is 0 Å². The zero-order valence-electron chi connectivity index (χ0n) is 8.45. The van der Waals surface area contributed by atoms with Gasteiger partial charge in [-0.25, -0.2) is 0 Å². The van der Waals surface area contributed by atoms with Crippen molar-refractivity contribution in [3.05, 3.63) is 0 Å². The number of carbonyl (C=O) groups excluding carboxylic acids is 1. The Balaban J connectivity index is 2.99. The molecule has 4 nitrogen and oxygen atoms in total. The Morgan fingerprint density at radius 1 is 1.43 bits per heavy atom. The van der Waals surface area contributed by atoms with Gasteiger partial charge in [0.2, 0.25) is 5.91 Å². The van der Waals surface area contributed by atoms with E-state index in [1.807, 2.05) is 0 Å². The quantitative estimate of drug-likeness (QED) is 0.666. The molecule has 0 spiro atoms. The minimum absolute atomic E-state index is 0.0671. The molecule has 0 saturated heterocycles. The van der Waals surface area contributed by atoms with E-state index in [9.17, 15) is 9.59 Å². The minimum Gasteiger partial charge on any atom is -0.480 e. The van der Waals surface area contributed by atoms with Crippen molar-refractivity contribution in [3.63, 3.8) is 0 Å². The van der Waals surface area contributed by atoms with Gasteiger partial charge < -0.3 is 10.8 Å². The molecule has 0 heterocycles. The van der Waals surface area contributed by atoms with Gasteiger partial charge in [0.15, 0.2) is 0 Å². The molecule has 14 heavy (non-hydrogen) atoms. The monoisotopic (exact) mass is 199 g/mol. The van der Waals surface area contributed by atoms with Gasteiger partial charge in [0.05, 0.1) is 0 Å². The maximum atomic E-state index is 11.3. The first-order chi connectivity index (χ1) is 6.55. The van der Waals surface area contributed by atoms with Crippen LogP contribution in [0.1, 0.15) is 39.0 Å². The second-order valence-corrected chi connectivity index (χ2v) is 3.98. The summed E-state index contributed by atoms with van der Waals surface area (Å²) in [6, 6.07) is 0. The highest BCUT2D eigenvalue weighted by molar-refractivity contribution is 6.01. The van der Waals surface area contributed by atoms with Gasteiger partial charge in [0.1, 0.15) is 5.41 Å². The molecular weight excluding hydrogens is 182 g/mol. The van der Waals surface area contributed by atoms with Crippen LogP contribution in [-0.2, 0) is 9.59 Å². The Labute approximate surface area is 83.5 Å². The maximum Gasteiger partial charge on any atom is 0.319 e. The summed E-state index contributed by atoms with van der Waals surface area (Å²) in [5.41, 5.74) is 3.92. The summed E-state index contributed by atoms with van der Waals surface area (Å²) >= 11 is 0. The number of carbonyl (C=O) groups is 2. The Morgan fingerprint density at radius 2 is 1.93 bits per heavy atom. The molecule has 0 bridgehead atoms. The normalized spacial score (nSPS) is 21.8. The molecule has 1 rings (SSSR count). The van der Waals surface area contributed by atoms with E-state index in [1.54, 1.807) is 6.92 Å². The van der Waals surface area contributed by atoms with Crippen LogP contribution in [0.15, 0.2) is 0 Å². The maximum absolute atomic E-state index is 11.3. The highest BCUT2D eigenvalue weighted by Gasteiger charge is 2.50. The van der Waals surface area contributed by atoms with Crippen LogP contribution in [0.3, 0.4) is 0 Å². The smallest absolute Gasteiger partial charge is 0.319 e. The number of amides is 1. The van der Waals surface area contributed by atoms with Crippen LogP contribution < -0.4 is 5.73 Å². The summed E-state index contributed by atoms with van der Waals surface area (Å²) in [6.07, 6.45) is 3.93. The molecule has 1 fully saturated rings. The molecule has 1 saturated carbocycles. The first-order valence-corrected chi connectivity index (χ1v) is 5.09. The Bertz CT molecular complexity index is 230. The summed E-state index contributed by atoms with van der Waals surface area (Å²) in [5.74, 6) is -1.80. The van der Waals surface area contributed by atoms with E-state index in [2.05, 4.69) is 0 Å². The molecule has 1 atom stereocenters. The van der Waals surface area contributed by atoms with E-state index < -0.39 is 17.3 Å². The van der Waals surface area contributed by atoms with Crippen molar-refractivity contribution in [2.24, 2.45) is 17.1 Å². The number of hydrogen-bond donors (Lipinski definition) is 2. The molecule has 1 aliphatic carbocycles. The SMILES string of the molecule is CCC(C(N)=O)(C(=O)O)C1CCCC1. The zero-order valence-corrected chi connectivity index (χ0v) is 8.45. The van der Waals surface area contributed by atoms with Crippen molar-refractivity contribution in [1.29, 1.82) is 0 Å². The number of primary amides is 1. The molecule has 0 radical (unpaired) electrons. The van der Waals surface area contributed by atoms with Crippen molar-refractivity contribution >= 4 is 11.9 Å². The van der Waals surface area contributed by atoms with Gasteiger partial charge in [-0.2, -0.15) is 0 Å². The van der Waals surface area contributed by atoms with Crippen LogP contribution >= 0.6 is 0 Å². The van der Waals surface area contributed by atoms with Crippen LogP contribution in [0, 0.1) is 11.3 Å². The number of hydrogen-bond acceptors (Lipinski definition) is 2. The third-order valence-corrected chi connectivity index (χ3v) is 3.43. The third kappa shape index (κ3) is 1.49. The Kier molecular flexibility index (Phi) is 3.13. The molecule has 4 heteroatoms. The lowest BCUT2D eigenvalue weighted by atomic mass is 9.71. The summed E-state index contributed by atoms with van der Waals surface area (Å²) in [4.78, 5) is 22.5.